The topological polar surface area (TPSA) is 26.0 Å². The zero-order valence-corrected chi connectivity index (χ0v) is 13.0. The normalized spacial score (nSPS) is 12.5. The Kier molecular flexibility index (Phi) is 4.55. The van der Waals surface area contributed by atoms with Gasteiger partial charge in [0.15, 0.2) is 0 Å². The molecule has 0 saturated carbocycles. The standard InChI is InChI=1S/C16H16BrF2N/c1-9-3-4-10(2)11(5-9)6-15(20)16-13(18)7-12(17)8-14(16)19/h3-5,7-8,15H,6,20H2,1-2H3. The second-order valence-corrected chi connectivity index (χ2v) is 5.94. The van der Waals surface area contributed by atoms with Crippen molar-refractivity contribution >= 4 is 15.9 Å². The number of nitrogens with two attached hydrogens (primary N) is 1. The van der Waals surface area contributed by atoms with Gasteiger partial charge in [-0.2, -0.15) is 0 Å². The molecule has 2 N–H and O–H groups in total. The number of halogens is 3. The fourth-order valence-corrected chi connectivity index (χ4v) is 2.67. The Morgan fingerprint density at radius 3 is 2.30 bits per heavy atom. The molecule has 4 heteroatoms. The van der Waals surface area contributed by atoms with Gasteiger partial charge in [-0.15, -0.1) is 0 Å². The number of rotatable bonds is 3. The molecule has 0 aromatic heterocycles. The second kappa shape index (κ2) is 6.02. The number of hydrogen-bond acceptors (Lipinski definition) is 1. The molecule has 2 aromatic rings. The molecule has 0 amide bonds. The summed E-state index contributed by atoms with van der Waals surface area (Å²) in [5.74, 6) is -1.23. The molecule has 2 rings (SSSR count). The van der Waals surface area contributed by atoms with Gasteiger partial charge in [-0.3, -0.25) is 0 Å². The first-order chi connectivity index (χ1) is 9.38. The molecule has 1 atom stereocenters. The van der Waals surface area contributed by atoms with Gasteiger partial charge in [0.25, 0.3) is 0 Å². The lowest BCUT2D eigenvalue weighted by Gasteiger charge is -2.16. The predicted octanol–water partition coefficient (Wildman–Crippen LogP) is 4.59. The summed E-state index contributed by atoms with van der Waals surface area (Å²) >= 11 is 3.06. The van der Waals surface area contributed by atoms with E-state index in [1.54, 1.807) is 0 Å². The van der Waals surface area contributed by atoms with E-state index >= 15 is 0 Å². The molecular formula is C16H16BrF2N. The minimum Gasteiger partial charge on any atom is -0.323 e. The van der Waals surface area contributed by atoms with Crippen LogP contribution in [-0.2, 0) is 6.42 Å². The summed E-state index contributed by atoms with van der Waals surface area (Å²) in [7, 11) is 0. The van der Waals surface area contributed by atoms with Crippen LogP contribution in [0.25, 0.3) is 0 Å². The summed E-state index contributed by atoms with van der Waals surface area (Å²) < 4.78 is 28.2. The first-order valence-corrected chi connectivity index (χ1v) is 7.14. The van der Waals surface area contributed by atoms with Crippen LogP contribution in [0.3, 0.4) is 0 Å². The molecule has 20 heavy (non-hydrogen) atoms. The van der Waals surface area contributed by atoms with E-state index in [0.717, 1.165) is 16.7 Å². The van der Waals surface area contributed by atoms with E-state index in [1.165, 1.54) is 12.1 Å². The van der Waals surface area contributed by atoms with Crippen molar-refractivity contribution in [3.05, 3.63) is 68.7 Å². The fourth-order valence-electron chi connectivity index (χ4n) is 2.27. The summed E-state index contributed by atoms with van der Waals surface area (Å²) in [5, 5.41) is 0. The van der Waals surface area contributed by atoms with Crippen LogP contribution in [0.1, 0.15) is 28.3 Å². The third-order valence-electron chi connectivity index (χ3n) is 3.36. The van der Waals surface area contributed by atoms with Crippen LogP contribution in [-0.4, -0.2) is 0 Å². The van der Waals surface area contributed by atoms with Crippen molar-refractivity contribution in [2.45, 2.75) is 26.3 Å². The molecule has 0 bridgehead atoms. The van der Waals surface area contributed by atoms with E-state index in [1.807, 2.05) is 32.0 Å². The van der Waals surface area contributed by atoms with Crippen LogP contribution in [0, 0.1) is 25.5 Å². The fraction of sp³-hybridized carbons (Fsp3) is 0.250. The van der Waals surface area contributed by atoms with Crippen LogP contribution in [0.15, 0.2) is 34.8 Å². The SMILES string of the molecule is Cc1ccc(C)c(CC(N)c2c(F)cc(Br)cc2F)c1. The van der Waals surface area contributed by atoms with E-state index in [9.17, 15) is 8.78 Å². The number of aryl methyl sites for hydroxylation is 2. The smallest absolute Gasteiger partial charge is 0.132 e. The third kappa shape index (κ3) is 3.25. The Balaban J connectivity index is 2.33. The summed E-state index contributed by atoms with van der Waals surface area (Å²) in [6.45, 7) is 3.95. The lowest BCUT2D eigenvalue weighted by molar-refractivity contribution is 0.523. The van der Waals surface area contributed by atoms with Gasteiger partial charge >= 0.3 is 0 Å². The van der Waals surface area contributed by atoms with Crippen molar-refractivity contribution in [2.75, 3.05) is 0 Å². The Morgan fingerprint density at radius 1 is 1.10 bits per heavy atom. The molecule has 0 heterocycles. The lowest BCUT2D eigenvalue weighted by atomic mass is 9.95. The molecule has 1 nitrogen and oxygen atoms in total. The van der Waals surface area contributed by atoms with Gasteiger partial charge in [0.1, 0.15) is 11.6 Å². The van der Waals surface area contributed by atoms with Crippen LogP contribution in [0.2, 0.25) is 0 Å². The number of hydrogen-bond donors (Lipinski definition) is 1. The first kappa shape index (κ1) is 15.1. The maximum Gasteiger partial charge on any atom is 0.132 e. The molecule has 0 spiro atoms. The summed E-state index contributed by atoms with van der Waals surface area (Å²) in [6.07, 6.45) is 0.406. The first-order valence-electron chi connectivity index (χ1n) is 6.34. The molecular weight excluding hydrogens is 324 g/mol. The average molecular weight is 340 g/mol. The second-order valence-electron chi connectivity index (χ2n) is 5.02. The van der Waals surface area contributed by atoms with Crippen molar-refractivity contribution < 1.29 is 8.78 Å². The molecule has 0 fully saturated rings. The van der Waals surface area contributed by atoms with Crippen molar-refractivity contribution in [2.24, 2.45) is 5.73 Å². The molecule has 1 unspecified atom stereocenters. The monoisotopic (exact) mass is 339 g/mol. The summed E-state index contributed by atoms with van der Waals surface area (Å²) in [6, 6.07) is 7.77. The zero-order chi connectivity index (χ0) is 14.9. The molecule has 0 aliphatic rings. The summed E-state index contributed by atoms with van der Waals surface area (Å²) in [4.78, 5) is 0. The van der Waals surface area contributed by atoms with Gasteiger partial charge in [-0.05, 0) is 43.5 Å². The van der Waals surface area contributed by atoms with Crippen molar-refractivity contribution in [3.8, 4) is 0 Å². The molecule has 0 aliphatic heterocycles. The highest BCUT2D eigenvalue weighted by Gasteiger charge is 2.18. The Morgan fingerprint density at radius 2 is 1.70 bits per heavy atom. The molecule has 106 valence electrons. The van der Waals surface area contributed by atoms with Crippen molar-refractivity contribution in [1.29, 1.82) is 0 Å². The predicted molar refractivity (Wildman–Crippen MR) is 80.6 cm³/mol. The van der Waals surface area contributed by atoms with E-state index in [-0.39, 0.29) is 5.56 Å². The zero-order valence-electron chi connectivity index (χ0n) is 11.4. The quantitative estimate of drug-likeness (QED) is 0.869. The molecule has 2 aromatic carbocycles. The minimum absolute atomic E-state index is 0.0610. The Hall–Kier alpha value is -1.26. The highest BCUT2D eigenvalue weighted by molar-refractivity contribution is 9.10. The number of benzene rings is 2. The van der Waals surface area contributed by atoms with Gasteiger partial charge in [-0.1, -0.05) is 39.7 Å². The van der Waals surface area contributed by atoms with Crippen LogP contribution in [0.5, 0.6) is 0 Å². The molecule has 0 saturated heterocycles. The highest BCUT2D eigenvalue weighted by Crippen LogP contribution is 2.26. The highest BCUT2D eigenvalue weighted by atomic mass is 79.9. The van der Waals surface area contributed by atoms with Crippen LogP contribution in [0.4, 0.5) is 8.78 Å². The minimum atomic E-state index is -0.705. The van der Waals surface area contributed by atoms with Gasteiger partial charge in [-0.25, -0.2) is 8.78 Å². The maximum atomic E-state index is 13.9. The van der Waals surface area contributed by atoms with Gasteiger partial charge in [0.05, 0.1) is 0 Å². The van der Waals surface area contributed by atoms with Gasteiger partial charge < -0.3 is 5.73 Å². The van der Waals surface area contributed by atoms with Gasteiger partial charge in [0.2, 0.25) is 0 Å². The van der Waals surface area contributed by atoms with E-state index in [0.29, 0.717) is 10.9 Å². The van der Waals surface area contributed by atoms with Crippen molar-refractivity contribution in [3.63, 3.8) is 0 Å². The van der Waals surface area contributed by atoms with Crippen molar-refractivity contribution in [1.82, 2.24) is 0 Å². The van der Waals surface area contributed by atoms with E-state index < -0.39 is 17.7 Å². The van der Waals surface area contributed by atoms with Crippen LogP contribution < -0.4 is 5.73 Å². The van der Waals surface area contributed by atoms with E-state index in [2.05, 4.69) is 15.9 Å². The summed E-state index contributed by atoms with van der Waals surface area (Å²) in [5.41, 5.74) is 9.13. The Bertz CT molecular complexity index is 617. The largest absolute Gasteiger partial charge is 0.323 e. The Labute approximate surface area is 125 Å². The molecule has 0 radical (unpaired) electrons. The third-order valence-corrected chi connectivity index (χ3v) is 3.82. The van der Waals surface area contributed by atoms with Gasteiger partial charge in [0, 0.05) is 16.1 Å². The maximum absolute atomic E-state index is 13.9. The lowest BCUT2D eigenvalue weighted by Crippen LogP contribution is -2.17. The molecule has 0 aliphatic carbocycles. The van der Waals surface area contributed by atoms with E-state index in [4.69, 9.17) is 5.73 Å². The average Bonchev–Trinajstić information content (AvgIpc) is 2.32. The van der Waals surface area contributed by atoms with Crippen LogP contribution >= 0.6 is 15.9 Å².